The van der Waals surface area contributed by atoms with Crippen LogP contribution in [0, 0.1) is 0 Å². The van der Waals surface area contributed by atoms with Crippen LogP contribution in [-0.2, 0) is 10.2 Å². The Morgan fingerprint density at radius 1 is 1.08 bits per heavy atom. The number of nitrogens with one attached hydrogen (secondary N) is 1. The number of benzene rings is 2. The van der Waals surface area contributed by atoms with Crippen LogP contribution in [0.3, 0.4) is 0 Å². The molecule has 3 rings (SSSR count). The molecule has 2 aromatic carbocycles. The minimum Gasteiger partial charge on any atom is -0.454 e. The van der Waals surface area contributed by atoms with E-state index in [-0.39, 0.29) is 12.7 Å². The number of para-hydroxylation sites is 1. The van der Waals surface area contributed by atoms with Crippen LogP contribution in [-0.4, -0.2) is 12.7 Å². The van der Waals surface area contributed by atoms with Crippen molar-refractivity contribution < 1.29 is 14.3 Å². The summed E-state index contributed by atoms with van der Waals surface area (Å²) in [5, 5.41) is 3.09. The quantitative estimate of drug-likeness (QED) is 0.903. The van der Waals surface area contributed by atoms with E-state index in [0.717, 1.165) is 22.6 Å². The van der Waals surface area contributed by atoms with Gasteiger partial charge < -0.3 is 14.8 Å². The summed E-state index contributed by atoms with van der Waals surface area (Å²) in [5.74, 6) is 1.71. The minimum atomic E-state index is -0.689. The summed E-state index contributed by atoms with van der Waals surface area (Å²) in [7, 11) is 0. The van der Waals surface area contributed by atoms with Crippen LogP contribution in [0.25, 0.3) is 0 Å². The van der Waals surface area contributed by atoms with Gasteiger partial charge in [0.25, 0.3) is 0 Å². The average molecular weight is 325 g/mol. The zero-order valence-corrected chi connectivity index (χ0v) is 14.6. The van der Waals surface area contributed by atoms with Crippen molar-refractivity contribution in [3.8, 4) is 11.5 Å². The topological polar surface area (TPSA) is 47.6 Å². The molecule has 24 heavy (non-hydrogen) atoms. The molecular formula is C20H23NO3. The Kier molecular flexibility index (Phi) is 4.22. The Morgan fingerprint density at radius 3 is 2.54 bits per heavy atom. The zero-order valence-electron chi connectivity index (χ0n) is 14.6. The van der Waals surface area contributed by atoms with E-state index < -0.39 is 5.41 Å². The largest absolute Gasteiger partial charge is 0.454 e. The van der Waals surface area contributed by atoms with E-state index in [0.29, 0.717) is 11.7 Å². The summed E-state index contributed by atoms with van der Waals surface area (Å²) in [5.41, 5.74) is 2.20. The molecule has 0 spiro atoms. The van der Waals surface area contributed by atoms with E-state index in [4.69, 9.17) is 9.47 Å². The second-order valence-corrected chi connectivity index (χ2v) is 6.89. The van der Waals surface area contributed by atoms with Crippen LogP contribution < -0.4 is 14.8 Å². The first kappa shape index (κ1) is 16.4. The van der Waals surface area contributed by atoms with Gasteiger partial charge in [0, 0.05) is 5.69 Å². The molecule has 1 aliphatic rings. The van der Waals surface area contributed by atoms with E-state index in [2.05, 4.69) is 19.2 Å². The average Bonchev–Trinajstić information content (AvgIpc) is 3.02. The molecule has 1 aliphatic heterocycles. The molecule has 1 heterocycles. The number of amides is 1. The summed E-state index contributed by atoms with van der Waals surface area (Å²) >= 11 is 0. The molecule has 0 saturated heterocycles. The molecule has 0 aromatic heterocycles. The Hall–Kier alpha value is -2.49. The number of anilines is 1. The normalized spacial score (nSPS) is 13.2. The molecule has 4 heteroatoms. The van der Waals surface area contributed by atoms with Gasteiger partial charge in [-0.3, -0.25) is 4.79 Å². The molecule has 0 radical (unpaired) electrons. The summed E-state index contributed by atoms with van der Waals surface area (Å²) in [6.07, 6.45) is 0. The van der Waals surface area contributed by atoms with Gasteiger partial charge >= 0.3 is 0 Å². The van der Waals surface area contributed by atoms with Crippen molar-refractivity contribution in [2.45, 2.75) is 39.0 Å². The van der Waals surface area contributed by atoms with Crippen molar-refractivity contribution >= 4 is 11.6 Å². The molecule has 0 atom stereocenters. The number of ether oxygens (including phenoxy) is 2. The van der Waals surface area contributed by atoms with Crippen LogP contribution in [0.4, 0.5) is 5.69 Å². The molecule has 0 unspecified atom stereocenters. The lowest BCUT2D eigenvalue weighted by atomic mass is 9.83. The number of fused-ring (bicyclic) bond motifs is 1. The van der Waals surface area contributed by atoms with E-state index in [1.54, 1.807) is 0 Å². The molecule has 4 nitrogen and oxygen atoms in total. The molecule has 126 valence electrons. The van der Waals surface area contributed by atoms with Crippen molar-refractivity contribution in [3.05, 3.63) is 53.6 Å². The van der Waals surface area contributed by atoms with Crippen LogP contribution in [0.2, 0.25) is 0 Å². The fourth-order valence-corrected chi connectivity index (χ4v) is 2.81. The number of hydrogen-bond donors (Lipinski definition) is 1. The summed E-state index contributed by atoms with van der Waals surface area (Å²) in [6.45, 7) is 8.30. The first-order valence-corrected chi connectivity index (χ1v) is 8.20. The molecule has 0 saturated carbocycles. The molecular weight excluding hydrogens is 302 g/mol. The highest BCUT2D eigenvalue weighted by atomic mass is 16.7. The van der Waals surface area contributed by atoms with Gasteiger partial charge in [0.05, 0.1) is 5.41 Å². The monoisotopic (exact) mass is 325 g/mol. The third-order valence-corrected chi connectivity index (χ3v) is 4.49. The number of rotatable bonds is 4. The lowest BCUT2D eigenvalue weighted by Gasteiger charge is -2.25. The predicted octanol–water partition coefficient (Wildman–Crippen LogP) is 4.46. The Labute approximate surface area is 142 Å². The molecule has 0 bridgehead atoms. The van der Waals surface area contributed by atoms with E-state index in [9.17, 15) is 4.79 Å². The maximum absolute atomic E-state index is 12.9. The Balaban J connectivity index is 1.86. The molecule has 0 fully saturated rings. The van der Waals surface area contributed by atoms with Gasteiger partial charge in [-0.2, -0.15) is 0 Å². The van der Waals surface area contributed by atoms with E-state index in [1.165, 1.54) is 0 Å². The predicted molar refractivity (Wildman–Crippen MR) is 94.8 cm³/mol. The molecule has 1 amide bonds. The van der Waals surface area contributed by atoms with Crippen LogP contribution in [0.1, 0.15) is 44.7 Å². The minimum absolute atomic E-state index is 0.0468. The highest BCUT2D eigenvalue weighted by molar-refractivity contribution is 5.99. The van der Waals surface area contributed by atoms with Crippen molar-refractivity contribution in [2.24, 2.45) is 0 Å². The smallest absolute Gasteiger partial charge is 0.234 e. The highest BCUT2D eigenvalue weighted by Crippen LogP contribution is 2.37. The molecule has 0 aliphatic carbocycles. The summed E-state index contributed by atoms with van der Waals surface area (Å²) < 4.78 is 10.8. The van der Waals surface area contributed by atoms with Crippen LogP contribution >= 0.6 is 0 Å². The zero-order chi connectivity index (χ0) is 17.3. The van der Waals surface area contributed by atoms with Gasteiger partial charge in [0.1, 0.15) is 0 Å². The fourth-order valence-electron chi connectivity index (χ4n) is 2.81. The van der Waals surface area contributed by atoms with Crippen molar-refractivity contribution in [1.29, 1.82) is 0 Å². The highest BCUT2D eigenvalue weighted by Gasteiger charge is 2.32. The lowest BCUT2D eigenvalue weighted by Crippen LogP contribution is -2.35. The Bertz CT molecular complexity index is 765. The van der Waals surface area contributed by atoms with Crippen LogP contribution in [0.15, 0.2) is 42.5 Å². The lowest BCUT2D eigenvalue weighted by molar-refractivity contribution is -0.120. The third kappa shape index (κ3) is 2.96. The van der Waals surface area contributed by atoms with Gasteiger partial charge in [0.2, 0.25) is 12.7 Å². The molecule has 2 aromatic rings. The standard InChI is InChI=1S/C20H23NO3/c1-13(2)15-7-5-6-8-16(15)21-19(22)20(3,4)14-9-10-17-18(11-14)24-12-23-17/h5-11,13H,12H2,1-4H3,(H,21,22). The van der Waals surface area contributed by atoms with Gasteiger partial charge in [-0.15, -0.1) is 0 Å². The van der Waals surface area contributed by atoms with E-state index in [1.807, 2.05) is 56.3 Å². The number of carbonyl (C=O) groups is 1. The Morgan fingerprint density at radius 2 is 1.79 bits per heavy atom. The first-order valence-electron chi connectivity index (χ1n) is 8.20. The van der Waals surface area contributed by atoms with Crippen molar-refractivity contribution in [2.75, 3.05) is 12.1 Å². The van der Waals surface area contributed by atoms with Gasteiger partial charge in [-0.25, -0.2) is 0 Å². The number of hydrogen-bond acceptors (Lipinski definition) is 3. The first-order chi connectivity index (χ1) is 11.4. The van der Waals surface area contributed by atoms with Crippen molar-refractivity contribution in [3.63, 3.8) is 0 Å². The number of carbonyl (C=O) groups excluding carboxylic acids is 1. The second-order valence-electron chi connectivity index (χ2n) is 6.89. The SMILES string of the molecule is CC(C)c1ccccc1NC(=O)C(C)(C)c1ccc2c(c1)OCO2. The van der Waals surface area contributed by atoms with Gasteiger partial charge in [0.15, 0.2) is 11.5 Å². The summed E-state index contributed by atoms with van der Waals surface area (Å²) in [6, 6.07) is 13.6. The molecule has 1 N–H and O–H groups in total. The maximum Gasteiger partial charge on any atom is 0.234 e. The fraction of sp³-hybridized carbons (Fsp3) is 0.350. The second kappa shape index (κ2) is 6.19. The maximum atomic E-state index is 12.9. The third-order valence-electron chi connectivity index (χ3n) is 4.49. The summed E-state index contributed by atoms with van der Waals surface area (Å²) in [4.78, 5) is 12.9. The van der Waals surface area contributed by atoms with Gasteiger partial charge in [-0.05, 0) is 49.1 Å². The van der Waals surface area contributed by atoms with Crippen LogP contribution in [0.5, 0.6) is 11.5 Å². The van der Waals surface area contributed by atoms with Gasteiger partial charge in [-0.1, -0.05) is 38.1 Å². The van der Waals surface area contributed by atoms with Crippen molar-refractivity contribution in [1.82, 2.24) is 0 Å². The van der Waals surface area contributed by atoms with E-state index >= 15 is 0 Å².